The third-order valence-corrected chi connectivity index (χ3v) is 11.2. The van der Waals surface area contributed by atoms with E-state index in [0.717, 1.165) is 22.7 Å². The van der Waals surface area contributed by atoms with Gasteiger partial charge in [0, 0.05) is 32.7 Å². The van der Waals surface area contributed by atoms with Crippen LogP contribution in [0.2, 0.25) is 0 Å². The van der Waals surface area contributed by atoms with Crippen LogP contribution in [0.3, 0.4) is 0 Å². The van der Waals surface area contributed by atoms with Crippen LogP contribution >= 0.6 is 0 Å². The minimum Gasteiger partial charge on any atom is -0.358 e. The predicted molar refractivity (Wildman–Crippen MR) is 196 cm³/mol. The SMILES string of the molecule is CC1(C)C2=C(NC(n3c4ccccc4c4cc5ccccc5cc43)C(c3ccc4c(c3)-c3ccccc3C4(C)C)=N2)c2ccccc21. The highest BCUT2D eigenvalue weighted by molar-refractivity contribution is 6.15. The average Bonchev–Trinajstić information content (AvgIpc) is 3.63. The van der Waals surface area contributed by atoms with E-state index in [2.05, 4.69) is 165 Å². The second-order valence-corrected chi connectivity index (χ2v) is 14.5. The molecule has 1 aromatic heterocycles. The highest BCUT2D eigenvalue weighted by Crippen LogP contribution is 2.51. The lowest BCUT2D eigenvalue weighted by atomic mass is 9.82. The van der Waals surface area contributed by atoms with Gasteiger partial charge in [0.1, 0.15) is 6.17 Å². The van der Waals surface area contributed by atoms with Gasteiger partial charge in [-0.05, 0) is 62.9 Å². The number of para-hydroxylation sites is 1. The minimum atomic E-state index is -0.225. The third-order valence-electron chi connectivity index (χ3n) is 11.2. The Labute approximate surface area is 274 Å². The minimum absolute atomic E-state index is 0.0465. The van der Waals surface area contributed by atoms with Crippen molar-refractivity contribution in [2.45, 2.75) is 44.7 Å². The maximum Gasteiger partial charge on any atom is 0.148 e. The zero-order valence-corrected chi connectivity index (χ0v) is 27.1. The summed E-state index contributed by atoms with van der Waals surface area (Å²) in [6.45, 7) is 9.31. The zero-order valence-electron chi connectivity index (χ0n) is 27.1. The normalized spacial score (nSPS) is 18.6. The smallest absolute Gasteiger partial charge is 0.148 e. The Kier molecular flexibility index (Phi) is 5.19. The Balaban J connectivity index is 1.27. The van der Waals surface area contributed by atoms with E-state index in [4.69, 9.17) is 4.99 Å². The molecule has 3 heteroatoms. The molecule has 0 amide bonds. The fourth-order valence-electron chi connectivity index (χ4n) is 8.79. The van der Waals surface area contributed by atoms with Crippen molar-refractivity contribution in [2.24, 2.45) is 4.99 Å². The molecule has 0 bridgehead atoms. The second-order valence-electron chi connectivity index (χ2n) is 14.5. The molecule has 3 aliphatic rings. The lowest BCUT2D eigenvalue weighted by Gasteiger charge is -2.32. The van der Waals surface area contributed by atoms with Gasteiger partial charge in [-0.25, -0.2) is 4.99 Å². The first-order chi connectivity index (χ1) is 22.8. The Hall–Kier alpha value is -5.41. The molecule has 0 radical (unpaired) electrons. The second kappa shape index (κ2) is 9.11. The number of hydrogen-bond acceptors (Lipinski definition) is 2. The van der Waals surface area contributed by atoms with E-state index in [0.29, 0.717) is 0 Å². The van der Waals surface area contributed by atoms with Crippen molar-refractivity contribution in [2.75, 3.05) is 0 Å². The molecule has 3 nitrogen and oxygen atoms in total. The van der Waals surface area contributed by atoms with Crippen molar-refractivity contribution in [3.8, 4) is 11.1 Å². The van der Waals surface area contributed by atoms with Gasteiger partial charge in [0.2, 0.25) is 0 Å². The molecule has 0 saturated heterocycles. The molecule has 0 spiro atoms. The molecule has 2 heterocycles. The maximum atomic E-state index is 5.73. The first kappa shape index (κ1) is 26.8. The van der Waals surface area contributed by atoms with Crippen LogP contribution in [0.4, 0.5) is 0 Å². The van der Waals surface area contributed by atoms with Crippen LogP contribution in [0.1, 0.15) is 61.7 Å². The summed E-state index contributed by atoms with van der Waals surface area (Å²) in [5.74, 6) is 0. The number of rotatable bonds is 2. The maximum absolute atomic E-state index is 5.73. The summed E-state index contributed by atoms with van der Waals surface area (Å²) >= 11 is 0. The highest BCUT2D eigenvalue weighted by Gasteiger charge is 2.43. The number of benzene rings is 6. The molecule has 47 heavy (non-hydrogen) atoms. The van der Waals surface area contributed by atoms with Crippen molar-refractivity contribution in [3.05, 3.63) is 161 Å². The van der Waals surface area contributed by atoms with Gasteiger partial charge in [0.05, 0.1) is 28.1 Å². The van der Waals surface area contributed by atoms with E-state index < -0.39 is 0 Å². The van der Waals surface area contributed by atoms with Crippen molar-refractivity contribution >= 4 is 44.0 Å². The predicted octanol–water partition coefficient (Wildman–Crippen LogP) is 10.5. The monoisotopic (exact) mass is 605 g/mol. The molecular weight excluding hydrogens is 571 g/mol. The summed E-state index contributed by atoms with van der Waals surface area (Å²) in [4.78, 5) is 5.73. The van der Waals surface area contributed by atoms with Gasteiger partial charge in [-0.3, -0.25) is 0 Å². The van der Waals surface area contributed by atoms with Crippen LogP contribution in [0.5, 0.6) is 0 Å². The van der Waals surface area contributed by atoms with E-state index in [9.17, 15) is 0 Å². The molecule has 0 fully saturated rings. The van der Waals surface area contributed by atoms with E-state index in [1.165, 1.54) is 66.0 Å². The number of fused-ring (bicyclic) bond motifs is 9. The summed E-state index contributed by atoms with van der Waals surface area (Å²) in [6.07, 6.45) is -0.220. The molecule has 10 rings (SSSR count). The number of allylic oxidation sites excluding steroid dienone is 1. The molecule has 6 aromatic carbocycles. The van der Waals surface area contributed by atoms with Crippen molar-refractivity contribution in [1.29, 1.82) is 0 Å². The summed E-state index contributed by atoms with van der Waals surface area (Å²) in [6, 6.07) is 47.0. The van der Waals surface area contributed by atoms with Gasteiger partial charge in [0.25, 0.3) is 0 Å². The van der Waals surface area contributed by atoms with Crippen LogP contribution in [-0.2, 0) is 10.8 Å². The first-order valence-corrected chi connectivity index (χ1v) is 16.7. The number of aliphatic imine (C=N–C) groups is 1. The van der Waals surface area contributed by atoms with Crippen LogP contribution in [-0.4, -0.2) is 10.3 Å². The Bertz CT molecular complexity index is 2560. The Morgan fingerprint density at radius 2 is 1.19 bits per heavy atom. The average molecular weight is 606 g/mol. The molecular formula is C44H35N3. The van der Waals surface area contributed by atoms with Gasteiger partial charge in [-0.15, -0.1) is 0 Å². The largest absolute Gasteiger partial charge is 0.358 e. The molecule has 0 saturated carbocycles. The molecule has 226 valence electrons. The van der Waals surface area contributed by atoms with Gasteiger partial charge < -0.3 is 9.88 Å². The van der Waals surface area contributed by atoms with Gasteiger partial charge in [-0.1, -0.05) is 131 Å². The van der Waals surface area contributed by atoms with E-state index in [1.807, 2.05) is 0 Å². The molecule has 1 atom stereocenters. The lowest BCUT2D eigenvalue weighted by molar-refractivity contribution is 0.588. The van der Waals surface area contributed by atoms with Crippen molar-refractivity contribution in [3.63, 3.8) is 0 Å². The molecule has 1 N–H and O–H groups in total. The van der Waals surface area contributed by atoms with E-state index in [1.54, 1.807) is 0 Å². The first-order valence-electron chi connectivity index (χ1n) is 16.7. The van der Waals surface area contributed by atoms with Crippen LogP contribution in [0.15, 0.2) is 138 Å². The van der Waals surface area contributed by atoms with Gasteiger partial charge >= 0.3 is 0 Å². The summed E-state index contributed by atoms with van der Waals surface area (Å²) in [5.41, 5.74) is 14.5. The zero-order chi connectivity index (χ0) is 31.7. The van der Waals surface area contributed by atoms with Crippen molar-refractivity contribution < 1.29 is 0 Å². The molecule has 2 aliphatic carbocycles. The molecule has 1 aliphatic heterocycles. The standard InChI is InChI=1S/C44H35N3/c1-43(2)34-18-10-7-15-29(34)32-24-28(21-22-36(32)43)39-42(46-40-31-17-8-11-19-35(31)44(3,4)41(40)45-39)47-37-20-12-9-16-30(37)33-23-26-13-5-6-14-27(26)25-38(33)47/h5-25,42,46H,1-4H3. The topological polar surface area (TPSA) is 29.3 Å². The highest BCUT2D eigenvalue weighted by atomic mass is 15.2. The van der Waals surface area contributed by atoms with Crippen molar-refractivity contribution in [1.82, 2.24) is 9.88 Å². The Morgan fingerprint density at radius 1 is 0.553 bits per heavy atom. The fraction of sp³-hybridized carbons (Fsp3) is 0.159. The number of nitrogens with one attached hydrogen (secondary N) is 1. The molecule has 1 unspecified atom stereocenters. The van der Waals surface area contributed by atoms with Crippen LogP contribution in [0, 0.1) is 0 Å². The lowest BCUT2D eigenvalue weighted by Crippen LogP contribution is -2.37. The van der Waals surface area contributed by atoms with Crippen LogP contribution in [0.25, 0.3) is 49.4 Å². The quantitative estimate of drug-likeness (QED) is 0.209. The van der Waals surface area contributed by atoms with E-state index >= 15 is 0 Å². The number of hydrogen-bond donors (Lipinski definition) is 1. The summed E-state index contributed by atoms with van der Waals surface area (Å²) in [5, 5.41) is 9.13. The Morgan fingerprint density at radius 3 is 2.00 bits per heavy atom. The fourth-order valence-corrected chi connectivity index (χ4v) is 8.79. The number of nitrogens with zero attached hydrogens (tertiary/aromatic N) is 2. The molecule has 7 aromatic rings. The number of aromatic nitrogens is 1. The summed E-state index contributed by atoms with van der Waals surface area (Å²) in [7, 11) is 0. The van der Waals surface area contributed by atoms with Gasteiger partial charge in [0.15, 0.2) is 0 Å². The van der Waals surface area contributed by atoms with E-state index in [-0.39, 0.29) is 17.0 Å². The third kappa shape index (κ3) is 3.49. The van der Waals surface area contributed by atoms with Gasteiger partial charge in [-0.2, -0.15) is 0 Å². The summed E-state index contributed by atoms with van der Waals surface area (Å²) < 4.78 is 2.50. The van der Waals surface area contributed by atoms with Crippen LogP contribution < -0.4 is 5.32 Å².